The van der Waals surface area contributed by atoms with E-state index in [4.69, 9.17) is 11.6 Å². The highest BCUT2D eigenvalue weighted by Crippen LogP contribution is 2.28. The zero-order chi connectivity index (χ0) is 13.0. The lowest BCUT2D eigenvalue weighted by Crippen LogP contribution is -2.22. The maximum atomic E-state index is 11.4. The predicted molar refractivity (Wildman–Crippen MR) is 69.7 cm³/mol. The van der Waals surface area contributed by atoms with Crippen molar-refractivity contribution < 1.29 is 9.90 Å². The van der Waals surface area contributed by atoms with Crippen LogP contribution < -0.4 is 0 Å². The Bertz CT molecular complexity index is 414. The number of phenolic OH excluding ortho intramolecular Hbond substituents is 1. The highest BCUT2D eigenvalue weighted by atomic mass is 35.5. The van der Waals surface area contributed by atoms with Gasteiger partial charge in [0.2, 0.25) is 0 Å². The first-order valence-corrected chi connectivity index (χ1v) is 6.12. The number of rotatable bonds is 5. The van der Waals surface area contributed by atoms with Crippen molar-refractivity contribution in [3.05, 3.63) is 28.3 Å². The molecule has 0 atom stereocenters. The van der Waals surface area contributed by atoms with E-state index < -0.39 is 0 Å². The molecule has 0 aliphatic heterocycles. The first-order valence-electron chi connectivity index (χ1n) is 5.74. The van der Waals surface area contributed by atoms with Crippen LogP contribution in [0.5, 0.6) is 5.75 Å². The van der Waals surface area contributed by atoms with Crippen molar-refractivity contribution in [1.29, 1.82) is 0 Å². The quantitative estimate of drug-likeness (QED) is 0.822. The molecule has 0 saturated carbocycles. The van der Waals surface area contributed by atoms with Gasteiger partial charge in [-0.25, -0.2) is 0 Å². The van der Waals surface area contributed by atoms with Gasteiger partial charge in [-0.05, 0) is 32.1 Å². The van der Waals surface area contributed by atoms with Gasteiger partial charge < -0.3 is 5.11 Å². The number of Topliss-reactive ketones (excluding diaryl/α,β-unsaturated/α-hetero) is 1. The minimum Gasteiger partial charge on any atom is -0.507 e. The monoisotopic (exact) mass is 255 g/mol. The van der Waals surface area contributed by atoms with Crippen LogP contribution in [0.3, 0.4) is 0 Å². The number of hydrogen-bond donors (Lipinski definition) is 1. The number of carbonyl (C=O) groups is 1. The highest BCUT2D eigenvalue weighted by Gasteiger charge is 2.14. The summed E-state index contributed by atoms with van der Waals surface area (Å²) in [5.41, 5.74) is 0.992. The molecule has 94 valence electrons. The van der Waals surface area contributed by atoms with E-state index >= 15 is 0 Å². The molecule has 0 bridgehead atoms. The largest absolute Gasteiger partial charge is 0.507 e. The van der Waals surface area contributed by atoms with Crippen LogP contribution in [-0.4, -0.2) is 28.9 Å². The molecule has 1 aromatic carbocycles. The molecule has 0 amide bonds. The number of carbonyl (C=O) groups excluding carboxylic acids is 1. The number of halogens is 1. The van der Waals surface area contributed by atoms with E-state index in [1.165, 1.54) is 13.0 Å². The molecule has 0 aromatic heterocycles. The second-order valence-corrected chi connectivity index (χ2v) is 4.42. The smallest absolute Gasteiger partial charge is 0.163 e. The van der Waals surface area contributed by atoms with Crippen molar-refractivity contribution in [3.63, 3.8) is 0 Å². The van der Waals surface area contributed by atoms with E-state index in [0.717, 1.165) is 13.1 Å². The highest BCUT2D eigenvalue weighted by molar-refractivity contribution is 6.31. The van der Waals surface area contributed by atoms with Gasteiger partial charge in [0, 0.05) is 17.1 Å². The molecule has 0 spiro atoms. The van der Waals surface area contributed by atoms with Gasteiger partial charge in [0.25, 0.3) is 0 Å². The fourth-order valence-electron chi connectivity index (χ4n) is 1.73. The third kappa shape index (κ3) is 3.45. The Morgan fingerprint density at radius 1 is 1.35 bits per heavy atom. The van der Waals surface area contributed by atoms with Crippen molar-refractivity contribution >= 4 is 17.4 Å². The molecule has 0 heterocycles. The van der Waals surface area contributed by atoms with E-state index in [-0.39, 0.29) is 11.5 Å². The molecule has 0 saturated heterocycles. The number of aromatic hydroxyl groups is 1. The Morgan fingerprint density at radius 2 is 1.94 bits per heavy atom. The molecule has 4 heteroatoms. The molecule has 0 fully saturated rings. The summed E-state index contributed by atoms with van der Waals surface area (Å²) in [6.45, 7) is 7.90. The maximum Gasteiger partial charge on any atom is 0.163 e. The van der Waals surface area contributed by atoms with Gasteiger partial charge in [0.05, 0.1) is 5.56 Å². The number of phenols is 1. The van der Waals surface area contributed by atoms with Crippen molar-refractivity contribution in [3.8, 4) is 5.75 Å². The Morgan fingerprint density at radius 3 is 2.41 bits per heavy atom. The summed E-state index contributed by atoms with van der Waals surface area (Å²) in [4.78, 5) is 13.5. The van der Waals surface area contributed by atoms with Crippen LogP contribution >= 0.6 is 11.6 Å². The van der Waals surface area contributed by atoms with Crippen molar-refractivity contribution in [2.24, 2.45) is 0 Å². The second-order valence-electron chi connectivity index (χ2n) is 3.98. The molecule has 3 nitrogen and oxygen atoms in total. The molecule has 17 heavy (non-hydrogen) atoms. The third-order valence-corrected chi connectivity index (χ3v) is 3.04. The number of ketones is 1. The lowest BCUT2D eigenvalue weighted by molar-refractivity contribution is 0.101. The van der Waals surface area contributed by atoms with Gasteiger partial charge in [-0.1, -0.05) is 25.4 Å². The summed E-state index contributed by atoms with van der Waals surface area (Å²) in [5, 5.41) is 10.5. The molecule has 1 rings (SSSR count). The van der Waals surface area contributed by atoms with E-state index in [1.54, 1.807) is 6.07 Å². The zero-order valence-corrected chi connectivity index (χ0v) is 11.2. The van der Waals surface area contributed by atoms with Crippen molar-refractivity contribution in [2.75, 3.05) is 13.1 Å². The Kier molecular flexibility index (Phi) is 4.97. The minimum atomic E-state index is -0.175. The standard InChI is InChI=1S/C13H18ClNO2/c1-4-15(5-2)8-10-6-11(14)7-12(9(3)16)13(10)17/h6-7,17H,4-5,8H2,1-3H3. The first kappa shape index (κ1) is 14.0. The second kappa shape index (κ2) is 6.03. The molecule has 0 aliphatic carbocycles. The van der Waals surface area contributed by atoms with Crippen LogP contribution in [0.25, 0.3) is 0 Å². The minimum absolute atomic E-state index is 0.0498. The van der Waals surface area contributed by atoms with Gasteiger partial charge in [-0.15, -0.1) is 0 Å². The summed E-state index contributed by atoms with van der Waals surface area (Å²) in [7, 11) is 0. The average Bonchev–Trinajstić information content (AvgIpc) is 2.29. The summed E-state index contributed by atoms with van der Waals surface area (Å²) in [6, 6.07) is 3.21. The number of benzene rings is 1. The van der Waals surface area contributed by atoms with Crippen LogP contribution in [0, 0.1) is 0 Å². The molecule has 1 N–H and O–H groups in total. The van der Waals surface area contributed by atoms with Crippen molar-refractivity contribution in [2.45, 2.75) is 27.3 Å². The lowest BCUT2D eigenvalue weighted by Gasteiger charge is -2.19. The first-order chi connectivity index (χ1) is 7.99. The molecule has 0 aliphatic rings. The van der Waals surface area contributed by atoms with E-state index in [1.807, 2.05) is 0 Å². The molecular formula is C13H18ClNO2. The van der Waals surface area contributed by atoms with E-state index in [2.05, 4.69) is 18.7 Å². The molecular weight excluding hydrogens is 238 g/mol. The normalized spacial score (nSPS) is 10.9. The summed E-state index contributed by atoms with van der Waals surface area (Å²) in [6.07, 6.45) is 0. The fraction of sp³-hybridized carbons (Fsp3) is 0.462. The van der Waals surface area contributed by atoms with Gasteiger partial charge >= 0.3 is 0 Å². The number of nitrogens with zero attached hydrogens (tertiary/aromatic N) is 1. The third-order valence-electron chi connectivity index (χ3n) is 2.82. The predicted octanol–water partition coefficient (Wildman–Crippen LogP) is 3.09. The Balaban J connectivity index is 3.11. The van der Waals surface area contributed by atoms with Crippen LogP contribution in [0.1, 0.15) is 36.7 Å². The van der Waals surface area contributed by atoms with Gasteiger partial charge in [0.15, 0.2) is 5.78 Å². The van der Waals surface area contributed by atoms with Crippen LogP contribution in [0.15, 0.2) is 12.1 Å². The zero-order valence-electron chi connectivity index (χ0n) is 10.5. The van der Waals surface area contributed by atoms with Gasteiger partial charge in [0.1, 0.15) is 5.75 Å². The van der Waals surface area contributed by atoms with Gasteiger partial charge in [-0.3, -0.25) is 9.69 Å². The topological polar surface area (TPSA) is 40.5 Å². The summed E-state index contributed by atoms with van der Waals surface area (Å²) in [5.74, 6) is -0.125. The summed E-state index contributed by atoms with van der Waals surface area (Å²) < 4.78 is 0. The average molecular weight is 256 g/mol. The Hall–Kier alpha value is -1.06. The van der Waals surface area contributed by atoms with E-state index in [9.17, 15) is 9.90 Å². The summed E-state index contributed by atoms with van der Waals surface area (Å²) >= 11 is 5.95. The van der Waals surface area contributed by atoms with E-state index in [0.29, 0.717) is 22.7 Å². The molecule has 1 aromatic rings. The van der Waals surface area contributed by atoms with Crippen LogP contribution in [0.2, 0.25) is 5.02 Å². The maximum absolute atomic E-state index is 11.4. The van der Waals surface area contributed by atoms with Crippen molar-refractivity contribution in [1.82, 2.24) is 4.90 Å². The van der Waals surface area contributed by atoms with Crippen LogP contribution in [-0.2, 0) is 6.54 Å². The molecule has 0 radical (unpaired) electrons. The lowest BCUT2D eigenvalue weighted by atomic mass is 10.1. The fourth-order valence-corrected chi connectivity index (χ4v) is 1.97. The van der Waals surface area contributed by atoms with Gasteiger partial charge in [-0.2, -0.15) is 0 Å². The van der Waals surface area contributed by atoms with Crippen LogP contribution in [0.4, 0.5) is 0 Å². The SMILES string of the molecule is CCN(CC)Cc1cc(Cl)cc(C(C)=O)c1O. The Labute approximate surface area is 107 Å². The molecule has 0 unspecified atom stereocenters. The number of hydrogen-bond acceptors (Lipinski definition) is 3.